The number of nitrogens with two attached hydrogens (primary N) is 1. The number of piperazine rings is 1. The maximum absolute atomic E-state index is 9.23. The van der Waals surface area contributed by atoms with E-state index in [2.05, 4.69) is 15.2 Å². The van der Waals surface area contributed by atoms with Gasteiger partial charge in [0.15, 0.2) is 0 Å². The molecule has 102 valence electrons. The van der Waals surface area contributed by atoms with Crippen LogP contribution in [0.25, 0.3) is 0 Å². The van der Waals surface area contributed by atoms with Crippen LogP contribution in [0.3, 0.4) is 0 Å². The molecule has 0 aromatic rings. The molecule has 0 amide bonds. The first-order chi connectivity index (χ1) is 8.67. The fourth-order valence-corrected chi connectivity index (χ4v) is 2.43. The van der Waals surface area contributed by atoms with E-state index in [1.807, 2.05) is 6.92 Å². The second-order valence-electron chi connectivity index (χ2n) is 4.79. The van der Waals surface area contributed by atoms with Crippen LogP contribution in [-0.4, -0.2) is 61.8 Å². The maximum atomic E-state index is 9.23. The monoisotopic (exact) mass is 254 g/mol. The number of dihydropyridines is 1. The van der Waals surface area contributed by atoms with Gasteiger partial charge in [0.25, 0.3) is 0 Å². The van der Waals surface area contributed by atoms with Crippen molar-refractivity contribution in [2.75, 3.05) is 33.4 Å². The largest absolute Gasteiger partial charge is 0.498 e. The van der Waals surface area contributed by atoms with Crippen LogP contribution >= 0.6 is 0 Å². The fraction of sp³-hybridized carbons (Fsp3) is 0.750. The highest BCUT2D eigenvalue weighted by atomic mass is 16.5. The van der Waals surface area contributed by atoms with Gasteiger partial charge in [-0.15, -0.1) is 0 Å². The molecule has 2 aliphatic rings. The van der Waals surface area contributed by atoms with Crippen LogP contribution in [0.5, 0.6) is 0 Å². The molecule has 6 heteroatoms. The van der Waals surface area contributed by atoms with Crippen LogP contribution < -0.4 is 11.1 Å². The highest BCUT2D eigenvalue weighted by Crippen LogP contribution is 2.25. The lowest BCUT2D eigenvalue weighted by atomic mass is 10.0. The smallest absolute Gasteiger partial charge is 0.127 e. The topological polar surface area (TPSA) is 83.1 Å². The molecular formula is C12H22N4O2. The molecule has 0 aromatic heterocycles. The number of nitrogens with one attached hydrogen (secondary N) is 1. The Labute approximate surface area is 108 Å². The Hall–Kier alpha value is -1.11. The number of allylic oxidation sites excluding steroid dienone is 1. The van der Waals surface area contributed by atoms with Crippen molar-refractivity contribution in [3.8, 4) is 0 Å². The standard InChI is InChI=1S/C12H22N4O2/c1-8-11(18-2)10(5-15-12(8)13)16-4-3-14-9(6-16)7-17/h5,8-9,12,14,17H,3-4,6-7,13H2,1-2H3/t8?,9-,12?/m0/s1. The van der Waals surface area contributed by atoms with Gasteiger partial charge in [-0.1, -0.05) is 6.92 Å². The van der Waals surface area contributed by atoms with Crippen molar-refractivity contribution < 1.29 is 9.84 Å². The van der Waals surface area contributed by atoms with Gasteiger partial charge in [0.1, 0.15) is 11.9 Å². The molecule has 1 fully saturated rings. The van der Waals surface area contributed by atoms with Crippen LogP contribution in [-0.2, 0) is 4.74 Å². The van der Waals surface area contributed by atoms with Crippen LogP contribution in [0.4, 0.5) is 0 Å². The normalized spacial score (nSPS) is 32.9. The number of hydrogen-bond acceptors (Lipinski definition) is 6. The van der Waals surface area contributed by atoms with Gasteiger partial charge in [0, 0.05) is 25.7 Å². The summed E-state index contributed by atoms with van der Waals surface area (Å²) in [6.45, 7) is 4.64. The minimum Gasteiger partial charge on any atom is -0.498 e. The predicted molar refractivity (Wildman–Crippen MR) is 70.1 cm³/mol. The Kier molecular flexibility index (Phi) is 4.21. The van der Waals surface area contributed by atoms with Crippen molar-refractivity contribution in [3.05, 3.63) is 11.5 Å². The van der Waals surface area contributed by atoms with E-state index < -0.39 is 0 Å². The number of hydrogen-bond donors (Lipinski definition) is 3. The first-order valence-electron chi connectivity index (χ1n) is 6.33. The summed E-state index contributed by atoms with van der Waals surface area (Å²) < 4.78 is 5.49. The molecule has 0 aromatic carbocycles. The molecule has 0 spiro atoms. The summed E-state index contributed by atoms with van der Waals surface area (Å²) in [6.07, 6.45) is 1.56. The quantitative estimate of drug-likeness (QED) is 0.609. The summed E-state index contributed by atoms with van der Waals surface area (Å²) in [4.78, 5) is 6.50. The number of rotatable bonds is 3. The van der Waals surface area contributed by atoms with Gasteiger partial charge in [0.05, 0.1) is 31.5 Å². The molecule has 2 rings (SSSR count). The first-order valence-corrected chi connectivity index (χ1v) is 6.33. The van der Waals surface area contributed by atoms with Crippen molar-refractivity contribution in [2.24, 2.45) is 16.6 Å². The summed E-state index contributed by atoms with van der Waals surface area (Å²) in [5.74, 6) is 0.966. The summed E-state index contributed by atoms with van der Waals surface area (Å²) in [6, 6.07) is 0.101. The van der Waals surface area contributed by atoms with Crippen LogP contribution in [0.15, 0.2) is 16.4 Å². The van der Waals surface area contributed by atoms with Crippen molar-refractivity contribution in [3.63, 3.8) is 0 Å². The number of methoxy groups -OCH3 is 1. The molecular weight excluding hydrogens is 232 g/mol. The molecule has 6 nitrogen and oxygen atoms in total. The van der Waals surface area contributed by atoms with Crippen molar-refractivity contribution >= 4 is 6.21 Å². The zero-order chi connectivity index (χ0) is 13.1. The number of aliphatic hydroxyl groups excluding tert-OH is 1. The van der Waals surface area contributed by atoms with E-state index in [9.17, 15) is 5.11 Å². The molecule has 1 saturated heterocycles. The van der Waals surface area contributed by atoms with E-state index in [0.717, 1.165) is 31.1 Å². The Morgan fingerprint density at radius 2 is 2.44 bits per heavy atom. The first kappa shape index (κ1) is 13.3. The number of ether oxygens (including phenoxy) is 1. The number of nitrogens with zero attached hydrogens (tertiary/aromatic N) is 2. The van der Waals surface area contributed by atoms with E-state index >= 15 is 0 Å². The van der Waals surface area contributed by atoms with Gasteiger partial charge in [-0.3, -0.25) is 4.99 Å². The van der Waals surface area contributed by atoms with E-state index in [1.165, 1.54) is 0 Å². The minimum absolute atomic E-state index is 0.0810. The Bertz CT molecular complexity index is 356. The average molecular weight is 254 g/mol. The van der Waals surface area contributed by atoms with Gasteiger partial charge in [-0.2, -0.15) is 0 Å². The lowest BCUT2D eigenvalue weighted by molar-refractivity contribution is 0.160. The van der Waals surface area contributed by atoms with E-state index in [1.54, 1.807) is 13.3 Å². The molecule has 18 heavy (non-hydrogen) atoms. The van der Waals surface area contributed by atoms with Crippen LogP contribution in [0.2, 0.25) is 0 Å². The van der Waals surface area contributed by atoms with Crippen LogP contribution in [0, 0.1) is 5.92 Å². The highest BCUT2D eigenvalue weighted by molar-refractivity contribution is 5.80. The van der Waals surface area contributed by atoms with Gasteiger partial charge >= 0.3 is 0 Å². The van der Waals surface area contributed by atoms with Gasteiger partial charge in [-0.05, 0) is 0 Å². The van der Waals surface area contributed by atoms with E-state index in [-0.39, 0.29) is 24.7 Å². The number of aliphatic imine (C=N–C) groups is 1. The lowest BCUT2D eigenvalue weighted by Gasteiger charge is -2.37. The Balaban J connectivity index is 2.19. The Morgan fingerprint density at radius 1 is 1.67 bits per heavy atom. The molecule has 2 heterocycles. The second kappa shape index (κ2) is 5.69. The number of aliphatic hydroxyl groups is 1. The van der Waals surface area contributed by atoms with Gasteiger partial charge in [-0.25, -0.2) is 0 Å². The molecule has 0 saturated carbocycles. The average Bonchev–Trinajstić information content (AvgIpc) is 2.41. The highest BCUT2D eigenvalue weighted by Gasteiger charge is 2.29. The zero-order valence-electron chi connectivity index (χ0n) is 11.0. The maximum Gasteiger partial charge on any atom is 0.127 e. The van der Waals surface area contributed by atoms with Crippen LogP contribution in [0.1, 0.15) is 6.92 Å². The van der Waals surface area contributed by atoms with E-state index in [4.69, 9.17) is 10.5 Å². The molecule has 0 aliphatic carbocycles. The Morgan fingerprint density at radius 3 is 3.11 bits per heavy atom. The molecule has 0 radical (unpaired) electrons. The molecule has 2 aliphatic heterocycles. The second-order valence-corrected chi connectivity index (χ2v) is 4.79. The summed E-state index contributed by atoms with van der Waals surface area (Å²) >= 11 is 0. The van der Waals surface area contributed by atoms with E-state index in [0.29, 0.717) is 0 Å². The third-order valence-electron chi connectivity index (χ3n) is 3.58. The zero-order valence-corrected chi connectivity index (χ0v) is 11.0. The SMILES string of the molecule is COC1=C(N2CCN[C@H](CO)C2)C=NC(N)C1C. The summed E-state index contributed by atoms with van der Waals surface area (Å²) in [5.41, 5.74) is 6.90. The predicted octanol–water partition coefficient (Wildman–Crippen LogP) is -0.884. The van der Waals surface area contributed by atoms with Crippen molar-refractivity contribution in [1.29, 1.82) is 0 Å². The summed E-state index contributed by atoms with van der Waals surface area (Å²) in [5, 5.41) is 12.5. The minimum atomic E-state index is -0.236. The third-order valence-corrected chi connectivity index (χ3v) is 3.58. The summed E-state index contributed by atoms with van der Waals surface area (Å²) in [7, 11) is 1.67. The molecule has 2 unspecified atom stereocenters. The fourth-order valence-electron chi connectivity index (χ4n) is 2.43. The molecule has 3 atom stereocenters. The molecule has 4 N–H and O–H groups in total. The van der Waals surface area contributed by atoms with Crippen molar-refractivity contribution in [2.45, 2.75) is 19.1 Å². The third kappa shape index (κ3) is 2.50. The van der Waals surface area contributed by atoms with Gasteiger partial charge < -0.3 is 25.8 Å². The lowest BCUT2D eigenvalue weighted by Crippen LogP contribution is -2.52. The van der Waals surface area contributed by atoms with Gasteiger partial charge in [0.2, 0.25) is 0 Å². The molecule has 0 bridgehead atoms. The van der Waals surface area contributed by atoms with Crippen molar-refractivity contribution in [1.82, 2.24) is 10.2 Å².